The van der Waals surface area contributed by atoms with Gasteiger partial charge in [0.25, 0.3) is 0 Å². The maximum Gasteiger partial charge on any atom is 0.337 e. The summed E-state index contributed by atoms with van der Waals surface area (Å²) >= 11 is 9.19. The van der Waals surface area contributed by atoms with E-state index in [4.69, 9.17) is 5.11 Å². The highest BCUT2D eigenvalue weighted by Crippen LogP contribution is 2.40. The summed E-state index contributed by atoms with van der Waals surface area (Å²) in [5.41, 5.74) is 0.00701. The van der Waals surface area contributed by atoms with Crippen LogP contribution in [0.25, 0.3) is 0 Å². The minimum absolute atomic E-state index is 0.00701. The summed E-state index contributed by atoms with van der Waals surface area (Å²) in [7, 11) is 0. The zero-order valence-corrected chi connectivity index (χ0v) is 10.8. The summed E-state index contributed by atoms with van der Waals surface area (Å²) < 4.78 is 1.07. The van der Waals surface area contributed by atoms with E-state index < -0.39 is 5.97 Å². The first-order valence-corrected chi connectivity index (χ1v) is 5.42. The van der Waals surface area contributed by atoms with Crippen molar-refractivity contribution in [2.24, 2.45) is 0 Å². The molecule has 0 saturated carbocycles. The van der Waals surface area contributed by atoms with Crippen molar-refractivity contribution in [2.45, 2.75) is 0 Å². The number of aromatic hydroxyl groups is 1. The lowest BCUT2D eigenvalue weighted by atomic mass is 10.2. The number of benzene rings is 1. The highest BCUT2D eigenvalue weighted by molar-refractivity contribution is 9.13. The van der Waals surface area contributed by atoms with Gasteiger partial charge in [0.1, 0.15) is 5.75 Å². The SMILES string of the molecule is O=C(O)c1cc(Br)c(Br)c(O)c1Br. The van der Waals surface area contributed by atoms with E-state index in [1.165, 1.54) is 6.07 Å². The Bertz CT molecular complexity index is 376. The maximum absolute atomic E-state index is 10.7. The molecule has 13 heavy (non-hydrogen) atoms. The van der Waals surface area contributed by atoms with Crippen molar-refractivity contribution >= 4 is 53.8 Å². The van der Waals surface area contributed by atoms with Crippen LogP contribution >= 0.6 is 47.8 Å². The third-order valence-corrected chi connectivity index (χ3v) is 4.13. The lowest BCUT2D eigenvalue weighted by Gasteiger charge is -2.05. The molecule has 1 rings (SSSR count). The summed E-state index contributed by atoms with van der Waals surface area (Å²) in [5, 5.41) is 18.2. The minimum atomic E-state index is -1.10. The Morgan fingerprint density at radius 1 is 1.23 bits per heavy atom. The number of carbonyl (C=O) groups is 1. The first-order chi connectivity index (χ1) is 5.95. The van der Waals surface area contributed by atoms with Crippen molar-refractivity contribution in [1.29, 1.82) is 0 Å². The third kappa shape index (κ3) is 2.05. The molecule has 0 aliphatic carbocycles. The number of phenols is 1. The normalized spacial score (nSPS) is 10.1. The van der Waals surface area contributed by atoms with Gasteiger partial charge in [0.15, 0.2) is 0 Å². The predicted octanol–water partition coefficient (Wildman–Crippen LogP) is 3.38. The third-order valence-electron chi connectivity index (χ3n) is 1.36. The standard InChI is InChI=1S/C7H3Br3O3/c8-3-1-2(7(12)13)4(9)6(11)5(3)10/h1,11H,(H,12,13). The number of carboxylic acid groups (broad SMARTS) is 1. The number of aromatic carboxylic acids is 1. The second-order valence-corrected chi connectivity index (χ2v) is 4.63. The van der Waals surface area contributed by atoms with Crippen LogP contribution in [-0.4, -0.2) is 16.2 Å². The van der Waals surface area contributed by atoms with Gasteiger partial charge in [0, 0.05) is 4.47 Å². The molecule has 0 saturated heterocycles. The Morgan fingerprint density at radius 2 is 1.77 bits per heavy atom. The lowest BCUT2D eigenvalue weighted by Crippen LogP contribution is -1.98. The highest BCUT2D eigenvalue weighted by Gasteiger charge is 2.16. The van der Waals surface area contributed by atoms with Crippen LogP contribution in [0, 0.1) is 0 Å². The van der Waals surface area contributed by atoms with Crippen molar-refractivity contribution < 1.29 is 15.0 Å². The molecule has 0 aliphatic heterocycles. The maximum atomic E-state index is 10.7. The monoisotopic (exact) mass is 372 g/mol. The van der Waals surface area contributed by atoms with Crippen LogP contribution in [-0.2, 0) is 0 Å². The van der Waals surface area contributed by atoms with E-state index >= 15 is 0 Å². The fourth-order valence-corrected chi connectivity index (χ4v) is 2.22. The first kappa shape index (κ1) is 11.0. The van der Waals surface area contributed by atoms with E-state index in [0.29, 0.717) is 8.95 Å². The Morgan fingerprint density at radius 3 is 2.23 bits per heavy atom. The smallest absolute Gasteiger partial charge is 0.337 e. The summed E-state index contributed by atoms with van der Waals surface area (Å²) in [5.74, 6) is -1.23. The predicted molar refractivity (Wildman–Crippen MR) is 58.2 cm³/mol. The average Bonchev–Trinajstić information content (AvgIpc) is 2.07. The Hall–Kier alpha value is -0.0700. The van der Waals surface area contributed by atoms with Gasteiger partial charge in [-0.25, -0.2) is 4.79 Å². The lowest BCUT2D eigenvalue weighted by molar-refractivity contribution is 0.0695. The number of halogens is 3. The number of rotatable bonds is 1. The Balaban J connectivity index is 3.50. The average molecular weight is 375 g/mol. The number of hydrogen-bond donors (Lipinski definition) is 2. The molecule has 0 radical (unpaired) electrons. The van der Waals surface area contributed by atoms with Crippen LogP contribution in [0.4, 0.5) is 0 Å². The zero-order chi connectivity index (χ0) is 10.2. The van der Waals surface area contributed by atoms with E-state index in [9.17, 15) is 9.90 Å². The van der Waals surface area contributed by atoms with Gasteiger partial charge >= 0.3 is 5.97 Å². The molecule has 0 atom stereocenters. The molecule has 0 unspecified atom stereocenters. The zero-order valence-electron chi connectivity index (χ0n) is 6.01. The summed E-state index contributed by atoms with van der Waals surface area (Å²) in [6.45, 7) is 0. The molecule has 0 heterocycles. The number of hydrogen-bond acceptors (Lipinski definition) is 2. The first-order valence-electron chi connectivity index (χ1n) is 3.05. The molecule has 0 aromatic heterocycles. The van der Waals surface area contributed by atoms with Crippen LogP contribution in [0.15, 0.2) is 19.5 Å². The van der Waals surface area contributed by atoms with Crippen molar-refractivity contribution in [1.82, 2.24) is 0 Å². The summed E-state index contributed by atoms with van der Waals surface area (Å²) in [4.78, 5) is 10.7. The molecule has 0 aliphatic rings. The van der Waals surface area contributed by atoms with Crippen LogP contribution < -0.4 is 0 Å². The summed E-state index contributed by atoms with van der Waals surface area (Å²) in [6.07, 6.45) is 0. The molecular formula is C7H3Br3O3. The van der Waals surface area contributed by atoms with Gasteiger partial charge < -0.3 is 10.2 Å². The van der Waals surface area contributed by atoms with Gasteiger partial charge in [-0.1, -0.05) is 0 Å². The van der Waals surface area contributed by atoms with Gasteiger partial charge in [-0.05, 0) is 53.9 Å². The van der Waals surface area contributed by atoms with Gasteiger partial charge in [0.2, 0.25) is 0 Å². The van der Waals surface area contributed by atoms with Gasteiger partial charge in [-0.3, -0.25) is 0 Å². The molecule has 6 heteroatoms. The van der Waals surface area contributed by atoms with E-state index in [1.54, 1.807) is 0 Å². The molecule has 1 aromatic carbocycles. The topological polar surface area (TPSA) is 57.5 Å². The highest BCUT2D eigenvalue weighted by atomic mass is 79.9. The summed E-state index contributed by atoms with van der Waals surface area (Å²) in [6, 6.07) is 1.40. The van der Waals surface area contributed by atoms with Gasteiger partial charge in [-0.15, -0.1) is 0 Å². The molecular weight excluding hydrogens is 372 g/mol. The largest absolute Gasteiger partial charge is 0.506 e. The Labute approximate surface area is 99.1 Å². The Kier molecular flexibility index (Phi) is 3.37. The van der Waals surface area contributed by atoms with E-state index in [1.807, 2.05) is 0 Å². The number of carboxylic acids is 1. The van der Waals surface area contributed by atoms with Crippen molar-refractivity contribution in [3.05, 3.63) is 25.0 Å². The van der Waals surface area contributed by atoms with E-state index in [2.05, 4.69) is 47.8 Å². The quantitative estimate of drug-likeness (QED) is 0.741. The van der Waals surface area contributed by atoms with Crippen molar-refractivity contribution in [3.63, 3.8) is 0 Å². The van der Waals surface area contributed by atoms with Gasteiger partial charge in [0.05, 0.1) is 14.5 Å². The van der Waals surface area contributed by atoms with E-state index in [0.717, 1.165) is 0 Å². The molecule has 1 aromatic rings. The molecule has 70 valence electrons. The van der Waals surface area contributed by atoms with Crippen molar-refractivity contribution in [2.75, 3.05) is 0 Å². The van der Waals surface area contributed by atoms with Crippen LogP contribution in [0.3, 0.4) is 0 Å². The van der Waals surface area contributed by atoms with E-state index in [-0.39, 0.29) is 15.8 Å². The fraction of sp³-hybridized carbons (Fsp3) is 0. The molecule has 0 spiro atoms. The van der Waals surface area contributed by atoms with Crippen LogP contribution in [0.2, 0.25) is 0 Å². The molecule has 0 fully saturated rings. The number of phenolic OH excluding ortho intramolecular Hbond substituents is 1. The molecule has 2 N–H and O–H groups in total. The fourth-order valence-electron chi connectivity index (χ4n) is 0.746. The van der Waals surface area contributed by atoms with Gasteiger partial charge in [-0.2, -0.15) is 0 Å². The van der Waals surface area contributed by atoms with Crippen LogP contribution in [0.1, 0.15) is 10.4 Å². The molecule has 3 nitrogen and oxygen atoms in total. The molecule has 0 amide bonds. The van der Waals surface area contributed by atoms with Crippen LogP contribution in [0.5, 0.6) is 5.75 Å². The second kappa shape index (κ2) is 3.98. The minimum Gasteiger partial charge on any atom is -0.506 e. The van der Waals surface area contributed by atoms with Crippen molar-refractivity contribution in [3.8, 4) is 5.75 Å². The second-order valence-electron chi connectivity index (χ2n) is 2.19. The molecule has 0 bridgehead atoms.